The molecule has 1 N–H and O–H groups in total. The Labute approximate surface area is 159 Å². The highest BCUT2D eigenvalue weighted by molar-refractivity contribution is 7.98. The number of hydrogen-bond donors (Lipinski definition) is 1. The van der Waals surface area contributed by atoms with Crippen molar-refractivity contribution in [2.24, 2.45) is 0 Å². The average molecular weight is 444 g/mol. The maximum atomic E-state index is 12.7. The number of alkyl halides is 6. The molecule has 0 aliphatic carbocycles. The van der Waals surface area contributed by atoms with Crippen LogP contribution in [0.5, 0.6) is 0 Å². The van der Waals surface area contributed by atoms with E-state index in [4.69, 9.17) is 5.11 Å². The van der Waals surface area contributed by atoms with Gasteiger partial charge in [-0.05, 0) is 29.8 Å². The molecule has 0 fully saturated rings. The molecule has 0 saturated heterocycles. The second-order valence-electron chi connectivity index (χ2n) is 5.40. The van der Waals surface area contributed by atoms with E-state index in [1.807, 2.05) is 0 Å². The number of hydrogen-bond acceptors (Lipinski definition) is 4. The summed E-state index contributed by atoms with van der Waals surface area (Å²) >= 11 is 0.609. The van der Waals surface area contributed by atoms with Gasteiger partial charge in [-0.25, -0.2) is 13.2 Å². The molecule has 152 valence electrons. The Hall–Kier alpha value is -2.21. The van der Waals surface area contributed by atoms with Crippen LogP contribution >= 0.6 is 11.8 Å². The molecule has 2 rings (SSSR count). The molecule has 0 radical (unpaired) electrons. The Balaban J connectivity index is 2.39. The van der Waals surface area contributed by atoms with E-state index < -0.39 is 43.5 Å². The van der Waals surface area contributed by atoms with Crippen LogP contribution in [0.1, 0.15) is 21.5 Å². The van der Waals surface area contributed by atoms with E-state index in [0.29, 0.717) is 30.0 Å². The highest BCUT2D eigenvalue weighted by atomic mass is 32.2. The number of halogens is 6. The van der Waals surface area contributed by atoms with Gasteiger partial charge < -0.3 is 5.11 Å². The van der Waals surface area contributed by atoms with Gasteiger partial charge in [0.2, 0.25) is 0 Å². The lowest BCUT2D eigenvalue weighted by Gasteiger charge is -2.12. The number of carboxylic acid groups (broad SMARTS) is 1. The minimum atomic E-state index is -5.71. The minimum Gasteiger partial charge on any atom is -0.478 e. The molecule has 0 aliphatic heterocycles. The summed E-state index contributed by atoms with van der Waals surface area (Å²) in [4.78, 5) is 9.76. The lowest BCUT2D eigenvalue weighted by Crippen LogP contribution is -2.23. The smallest absolute Gasteiger partial charge is 0.478 e. The summed E-state index contributed by atoms with van der Waals surface area (Å²) in [6.07, 6.45) is -4.60. The van der Waals surface area contributed by atoms with Gasteiger partial charge in [-0.15, -0.1) is 11.8 Å². The fourth-order valence-corrected chi connectivity index (χ4v) is 3.98. The normalized spacial score (nSPS) is 12.8. The summed E-state index contributed by atoms with van der Waals surface area (Å²) in [5, 5.41) is 9.13. The average Bonchev–Trinajstić information content (AvgIpc) is 2.58. The number of benzene rings is 2. The van der Waals surface area contributed by atoms with Gasteiger partial charge >= 0.3 is 17.7 Å². The van der Waals surface area contributed by atoms with Crippen LogP contribution in [-0.4, -0.2) is 25.0 Å². The molecule has 0 bridgehead atoms. The second-order valence-corrected chi connectivity index (χ2v) is 8.36. The van der Waals surface area contributed by atoms with Crippen LogP contribution in [0, 0.1) is 0 Å². The summed E-state index contributed by atoms with van der Waals surface area (Å²) < 4.78 is 99.3. The van der Waals surface area contributed by atoms with Gasteiger partial charge in [0.1, 0.15) is 0 Å². The number of thioether (sulfide) groups is 1. The largest absolute Gasteiger partial charge is 0.501 e. The topological polar surface area (TPSA) is 71.4 Å². The summed E-state index contributed by atoms with van der Waals surface area (Å²) in [7, 11) is -5.71. The van der Waals surface area contributed by atoms with Gasteiger partial charge in [-0.2, -0.15) is 26.3 Å². The SMILES string of the molecule is O=C(O)c1ccc(S(=O)(=O)C(F)(F)F)cc1SCc1cccc(C(F)(F)F)c1. The Kier molecular flexibility index (Phi) is 6.04. The van der Waals surface area contributed by atoms with E-state index in [1.54, 1.807) is 0 Å². The third-order valence-electron chi connectivity index (χ3n) is 3.45. The fourth-order valence-electron chi connectivity index (χ4n) is 2.10. The molecule has 0 heterocycles. The van der Waals surface area contributed by atoms with E-state index in [2.05, 4.69) is 0 Å². The molecule has 0 saturated carbocycles. The molecule has 0 atom stereocenters. The molecule has 12 heteroatoms. The first-order chi connectivity index (χ1) is 12.7. The molecule has 0 aromatic heterocycles. The summed E-state index contributed by atoms with van der Waals surface area (Å²) in [5.41, 5.74) is -6.88. The van der Waals surface area contributed by atoms with Crippen molar-refractivity contribution in [3.63, 3.8) is 0 Å². The molecule has 2 aromatic carbocycles. The van der Waals surface area contributed by atoms with Crippen molar-refractivity contribution in [3.05, 3.63) is 59.2 Å². The first kappa shape index (κ1) is 22.1. The Morgan fingerprint density at radius 1 is 1.00 bits per heavy atom. The lowest BCUT2D eigenvalue weighted by molar-refractivity contribution is -0.137. The monoisotopic (exact) mass is 444 g/mol. The van der Waals surface area contributed by atoms with Crippen LogP contribution in [0.25, 0.3) is 0 Å². The van der Waals surface area contributed by atoms with Crippen LogP contribution in [0.3, 0.4) is 0 Å². The Bertz CT molecular complexity index is 997. The van der Waals surface area contributed by atoms with Crippen molar-refractivity contribution in [1.29, 1.82) is 0 Å². The van der Waals surface area contributed by atoms with Crippen molar-refractivity contribution < 1.29 is 44.7 Å². The van der Waals surface area contributed by atoms with Gasteiger partial charge in [0.05, 0.1) is 16.0 Å². The van der Waals surface area contributed by atoms with E-state index in [0.717, 1.165) is 18.2 Å². The molecule has 0 spiro atoms. The maximum absolute atomic E-state index is 12.7. The minimum absolute atomic E-state index is 0.125. The number of sulfone groups is 1. The standard InChI is InChI=1S/C16H10F6O4S2/c17-15(18,19)10-3-1-2-9(6-10)8-27-13-7-11(4-5-12(13)14(23)24)28(25,26)16(20,21)22/h1-7H,8H2,(H,23,24). The third kappa shape index (κ3) is 4.79. The molecular weight excluding hydrogens is 434 g/mol. The quantitative estimate of drug-likeness (QED) is 0.520. The van der Waals surface area contributed by atoms with Crippen LogP contribution in [0.15, 0.2) is 52.3 Å². The molecular formula is C16H10F6O4S2. The second kappa shape index (κ2) is 7.66. The number of carbonyl (C=O) groups is 1. The highest BCUT2D eigenvalue weighted by Gasteiger charge is 2.47. The zero-order valence-corrected chi connectivity index (χ0v) is 15.1. The van der Waals surface area contributed by atoms with Crippen LogP contribution in [0.4, 0.5) is 26.3 Å². The van der Waals surface area contributed by atoms with Crippen molar-refractivity contribution in [2.75, 3.05) is 0 Å². The maximum Gasteiger partial charge on any atom is 0.501 e. The summed E-state index contributed by atoms with van der Waals surface area (Å²) in [6.45, 7) is 0. The molecule has 4 nitrogen and oxygen atoms in total. The van der Waals surface area contributed by atoms with Gasteiger partial charge in [-0.1, -0.05) is 18.2 Å². The van der Waals surface area contributed by atoms with Crippen LogP contribution in [-0.2, 0) is 21.8 Å². The fraction of sp³-hybridized carbons (Fsp3) is 0.188. The number of carboxylic acids is 1. The van der Waals surface area contributed by atoms with E-state index in [9.17, 15) is 39.6 Å². The zero-order chi connectivity index (χ0) is 21.3. The molecule has 28 heavy (non-hydrogen) atoms. The van der Waals surface area contributed by atoms with E-state index >= 15 is 0 Å². The van der Waals surface area contributed by atoms with Crippen molar-refractivity contribution in [2.45, 2.75) is 27.2 Å². The number of aromatic carboxylic acids is 1. The first-order valence-corrected chi connectivity index (χ1v) is 9.68. The van der Waals surface area contributed by atoms with Crippen molar-refractivity contribution in [1.82, 2.24) is 0 Å². The van der Waals surface area contributed by atoms with Gasteiger partial charge in [0.15, 0.2) is 0 Å². The zero-order valence-electron chi connectivity index (χ0n) is 13.5. The predicted octanol–water partition coefficient (Wildman–Crippen LogP) is 4.99. The Morgan fingerprint density at radius 3 is 2.18 bits per heavy atom. The lowest BCUT2D eigenvalue weighted by atomic mass is 10.1. The first-order valence-electron chi connectivity index (χ1n) is 7.21. The third-order valence-corrected chi connectivity index (χ3v) is 6.06. The summed E-state index contributed by atoms with van der Waals surface area (Å²) in [6, 6.07) is 5.85. The molecule has 0 aliphatic rings. The van der Waals surface area contributed by atoms with Crippen LogP contribution in [0.2, 0.25) is 0 Å². The Morgan fingerprint density at radius 2 is 1.64 bits per heavy atom. The van der Waals surface area contributed by atoms with E-state index in [1.165, 1.54) is 6.07 Å². The van der Waals surface area contributed by atoms with Crippen molar-refractivity contribution >= 4 is 27.6 Å². The van der Waals surface area contributed by atoms with E-state index in [-0.39, 0.29) is 16.2 Å². The molecule has 0 unspecified atom stereocenters. The van der Waals surface area contributed by atoms with Gasteiger partial charge in [-0.3, -0.25) is 0 Å². The molecule has 2 aromatic rings. The predicted molar refractivity (Wildman–Crippen MR) is 87.6 cm³/mol. The summed E-state index contributed by atoms with van der Waals surface area (Å²) in [5.74, 6) is -1.75. The van der Waals surface area contributed by atoms with Crippen LogP contribution < -0.4 is 0 Å². The molecule has 0 amide bonds. The number of rotatable bonds is 5. The van der Waals surface area contributed by atoms with Crippen molar-refractivity contribution in [3.8, 4) is 0 Å². The highest BCUT2D eigenvalue weighted by Crippen LogP contribution is 2.35. The van der Waals surface area contributed by atoms with Gasteiger partial charge in [0.25, 0.3) is 9.84 Å². The van der Waals surface area contributed by atoms with Gasteiger partial charge in [0, 0.05) is 10.6 Å².